The van der Waals surface area contributed by atoms with Crippen LogP contribution in [0.4, 0.5) is 4.79 Å². The van der Waals surface area contributed by atoms with Crippen LogP contribution in [-0.2, 0) is 28.2 Å². The monoisotopic (exact) mass is 574 g/mol. The number of nitrogens with zero attached hydrogens (tertiary/aromatic N) is 4. The first-order valence-corrected chi connectivity index (χ1v) is 13.4. The lowest BCUT2D eigenvalue weighted by atomic mass is 9.84. The molecule has 0 saturated carbocycles. The van der Waals surface area contributed by atoms with Gasteiger partial charge in [0.1, 0.15) is 12.1 Å². The van der Waals surface area contributed by atoms with Gasteiger partial charge in [0.15, 0.2) is 0 Å². The fraction of sp³-hybridized carbons (Fsp3) is 0.429. The van der Waals surface area contributed by atoms with E-state index < -0.39 is 17.3 Å². The third-order valence-corrected chi connectivity index (χ3v) is 7.48. The molecule has 0 aliphatic carbocycles. The van der Waals surface area contributed by atoms with Crippen molar-refractivity contribution in [1.29, 1.82) is 0 Å². The van der Waals surface area contributed by atoms with Crippen LogP contribution in [0.25, 0.3) is 10.9 Å². The summed E-state index contributed by atoms with van der Waals surface area (Å²) in [6.45, 7) is 6.16. The number of aromatic nitrogens is 2. The Bertz CT molecular complexity index is 1460. The highest BCUT2D eigenvalue weighted by Crippen LogP contribution is 2.34. The van der Waals surface area contributed by atoms with E-state index in [-0.39, 0.29) is 18.0 Å². The molecule has 1 N–H and O–H groups in total. The van der Waals surface area contributed by atoms with Gasteiger partial charge in [0, 0.05) is 26.7 Å². The van der Waals surface area contributed by atoms with Gasteiger partial charge in [0.2, 0.25) is 5.91 Å². The third kappa shape index (κ3) is 6.72. The van der Waals surface area contributed by atoms with Gasteiger partial charge in [0.05, 0.1) is 32.9 Å². The molecule has 0 bridgehead atoms. The van der Waals surface area contributed by atoms with E-state index in [1.54, 1.807) is 48.3 Å². The van der Waals surface area contributed by atoms with Gasteiger partial charge in [-0.05, 0) is 69.0 Å². The molecule has 2 aromatic carbocycles. The van der Waals surface area contributed by atoms with E-state index in [9.17, 15) is 19.5 Å². The molecule has 0 atom stereocenters. The van der Waals surface area contributed by atoms with Gasteiger partial charge >= 0.3 is 6.09 Å². The Hall–Kier alpha value is -3.14. The first kappa shape index (κ1) is 28.9. The number of hydrogen-bond donors (Lipinski definition) is 1. The average molecular weight is 575 g/mol. The number of carbonyl (C=O) groups excluding carboxylic acids is 2. The molecule has 0 radical (unpaired) electrons. The van der Waals surface area contributed by atoms with Crippen molar-refractivity contribution < 1.29 is 19.4 Å². The van der Waals surface area contributed by atoms with Crippen LogP contribution in [0, 0.1) is 0 Å². The third-order valence-electron chi connectivity index (χ3n) is 6.74. The standard InChI is InChI=1S/C28H32Cl2N4O5/c1-27(2,3)39-26(37)33-11-9-28(38,10-12-33)19-6-8-23-20(14-19)25(36)34(17-31-23)16-24(35)32(4)15-18-5-7-21(29)22(30)13-18/h5-8,13-14,17,38H,9-12,15-16H2,1-4H3. The van der Waals surface area contributed by atoms with E-state index in [1.165, 1.54) is 15.8 Å². The molecular formula is C28H32Cl2N4O5. The van der Waals surface area contributed by atoms with Gasteiger partial charge in [0.25, 0.3) is 5.56 Å². The molecule has 1 aromatic heterocycles. The topological polar surface area (TPSA) is 105 Å². The summed E-state index contributed by atoms with van der Waals surface area (Å²) in [5.74, 6) is -0.284. The smallest absolute Gasteiger partial charge is 0.410 e. The van der Waals surface area contributed by atoms with Crippen LogP contribution in [0.2, 0.25) is 10.0 Å². The van der Waals surface area contributed by atoms with Gasteiger partial charge in [-0.1, -0.05) is 35.3 Å². The molecule has 3 aromatic rings. The molecular weight excluding hydrogens is 543 g/mol. The van der Waals surface area contributed by atoms with Crippen molar-refractivity contribution in [2.45, 2.75) is 57.9 Å². The number of amides is 2. The Morgan fingerprint density at radius 1 is 1.10 bits per heavy atom. The largest absolute Gasteiger partial charge is 0.444 e. The maximum Gasteiger partial charge on any atom is 0.410 e. The van der Waals surface area contributed by atoms with E-state index in [0.717, 1.165) is 5.56 Å². The summed E-state index contributed by atoms with van der Waals surface area (Å²) in [5, 5.41) is 12.5. The van der Waals surface area contributed by atoms with E-state index in [4.69, 9.17) is 27.9 Å². The summed E-state index contributed by atoms with van der Waals surface area (Å²) >= 11 is 12.0. The summed E-state index contributed by atoms with van der Waals surface area (Å²) < 4.78 is 6.70. The van der Waals surface area contributed by atoms with Crippen molar-refractivity contribution in [2.75, 3.05) is 20.1 Å². The van der Waals surface area contributed by atoms with Gasteiger partial charge < -0.3 is 19.6 Å². The van der Waals surface area contributed by atoms with Crippen molar-refractivity contribution in [1.82, 2.24) is 19.4 Å². The minimum absolute atomic E-state index is 0.195. The highest BCUT2D eigenvalue weighted by molar-refractivity contribution is 6.42. The number of hydrogen-bond acceptors (Lipinski definition) is 6. The zero-order valence-electron chi connectivity index (χ0n) is 22.4. The van der Waals surface area contributed by atoms with E-state index in [2.05, 4.69) is 4.98 Å². The summed E-state index contributed by atoms with van der Waals surface area (Å²) in [6.07, 6.45) is 1.53. The summed E-state index contributed by atoms with van der Waals surface area (Å²) in [4.78, 5) is 46.0. The van der Waals surface area contributed by atoms with Gasteiger partial charge in [-0.2, -0.15) is 0 Å². The maximum atomic E-state index is 13.3. The second-order valence-corrected chi connectivity index (χ2v) is 11.7. The van der Waals surface area contributed by atoms with Gasteiger partial charge in [-0.15, -0.1) is 0 Å². The molecule has 1 saturated heterocycles. The number of piperidine rings is 1. The van der Waals surface area contributed by atoms with Crippen LogP contribution < -0.4 is 5.56 Å². The number of aliphatic hydroxyl groups is 1. The number of ether oxygens (including phenoxy) is 1. The molecule has 0 spiro atoms. The number of benzene rings is 2. The second kappa shape index (κ2) is 11.2. The molecule has 1 aliphatic rings. The minimum atomic E-state index is -1.21. The van der Waals surface area contributed by atoms with Crippen molar-refractivity contribution in [3.8, 4) is 0 Å². The van der Waals surface area contributed by atoms with Crippen molar-refractivity contribution in [2.24, 2.45) is 0 Å². The molecule has 11 heteroatoms. The zero-order chi connectivity index (χ0) is 28.5. The SMILES string of the molecule is CN(Cc1ccc(Cl)c(Cl)c1)C(=O)Cn1cnc2ccc(C3(O)CCN(C(=O)OC(C)(C)C)CC3)cc2c1=O. The predicted octanol–water partition coefficient (Wildman–Crippen LogP) is 4.58. The Kier molecular flexibility index (Phi) is 8.25. The van der Waals surface area contributed by atoms with Crippen LogP contribution in [-0.4, -0.2) is 62.2 Å². The fourth-order valence-electron chi connectivity index (χ4n) is 4.50. The summed E-state index contributed by atoms with van der Waals surface area (Å²) in [5.41, 5.74) is -0.358. The fourth-order valence-corrected chi connectivity index (χ4v) is 4.82. The van der Waals surface area contributed by atoms with Gasteiger partial charge in [-0.3, -0.25) is 14.2 Å². The second-order valence-electron chi connectivity index (χ2n) is 10.9. The van der Waals surface area contributed by atoms with Crippen LogP contribution in [0.5, 0.6) is 0 Å². The van der Waals surface area contributed by atoms with Crippen LogP contribution in [0.15, 0.2) is 47.5 Å². The molecule has 1 fully saturated rings. The Morgan fingerprint density at radius 3 is 2.44 bits per heavy atom. The highest BCUT2D eigenvalue weighted by Gasteiger charge is 2.37. The number of fused-ring (bicyclic) bond motifs is 1. The number of halogens is 2. The average Bonchev–Trinajstić information content (AvgIpc) is 2.87. The zero-order valence-corrected chi connectivity index (χ0v) is 23.9. The van der Waals surface area contributed by atoms with Crippen molar-refractivity contribution in [3.05, 3.63) is 74.3 Å². The molecule has 2 heterocycles. The van der Waals surface area contributed by atoms with Crippen molar-refractivity contribution >= 4 is 46.1 Å². The molecule has 9 nitrogen and oxygen atoms in total. The van der Waals surface area contributed by atoms with Crippen LogP contribution in [0.3, 0.4) is 0 Å². The minimum Gasteiger partial charge on any atom is -0.444 e. The first-order chi connectivity index (χ1) is 18.3. The molecule has 208 valence electrons. The lowest BCUT2D eigenvalue weighted by molar-refractivity contribution is -0.131. The van der Waals surface area contributed by atoms with E-state index >= 15 is 0 Å². The molecule has 2 amide bonds. The normalized spacial score (nSPS) is 15.3. The maximum absolute atomic E-state index is 13.3. The first-order valence-electron chi connectivity index (χ1n) is 12.6. The lowest BCUT2D eigenvalue weighted by Gasteiger charge is -2.39. The van der Waals surface area contributed by atoms with E-state index in [1.807, 2.05) is 20.8 Å². The highest BCUT2D eigenvalue weighted by atomic mass is 35.5. The molecule has 0 unspecified atom stereocenters. The number of rotatable bonds is 5. The predicted molar refractivity (Wildman–Crippen MR) is 150 cm³/mol. The summed E-state index contributed by atoms with van der Waals surface area (Å²) in [7, 11) is 1.64. The Labute approximate surface area is 236 Å². The molecule has 39 heavy (non-hydrogen) atoms. The number of likely N-dealkylation sites (N-methyl/N-ethyl adjacent to an activating group) is 1. The molecule has 4 rings (SSSR count). The Morgan fingerprint density at radius 2 is 1.79 bits per heavy atom. The van der Waals surface area contributed by atoms with Gasteiger partial charge in [-0.25, -0.2) is 9.78 Å². The van der Waals surface area contributed by atoms with Crippen LogP contribution in [0.1, 0.15) is 44.7 Å². The van der Waals surface area contributed by atoms with Crippen LogP contribution >= 0.6 is 23.2 Å². The Balaban J connectivity index is 1.49. The number of carbonyl (C=O) groups is 2. The quantitative estimate of drug-likeness (QED) is 0.478. The van der Waals surface area contributed by atoms with E-state index in [0.29, 0.717) is 59.0 Å². The van der Waals surface area contributed by atoms with Crippen molar-refractivity contribution in [3.63, 3.8) is 0 Å². The number of likely N-dealkylation sites (tertiary alicyclic amines) is 1. The summed E-state index contributed by atoms with van der Waals surface area (Å²) in [6, 6.07) is 10.2. The lowest BCUT2D eigenvalue weighted by Crippen LogP contribution is -2.46. The molecule has 1 aliphatic heterocycles.